The van der Waals surface area contributed by atoms with Gasteiger partial charge in [0.25, 0.3) is 11.7 Å². The molecule has 0 bridgehead atoms. The Morgan fingerprint density at radius 1 is 1.37 bits per heavy atom. The van der Waals surface area contributed by atoms with Gasteiger partial charge in [-0.2, -0.15) is 0 Å². The van der Waals surface area contributed by atoms with Crippen molar-refractivity contribution < 1.29 is 19.5 Å². The van der Waals surface area contributed by atoms with Crippen LogP contribution < -0.4 is 10.6 Å². The molecule has 3 N–H and O–H groups in total. The van der Waals surface area contributed by atoms with Gasteiger partial charge < -0.3 is 15.7 Å². The first kappa shape index (κ1) is 13.2. The number of nitrogens with zero attached hydrogens (tertiary/aromatic N) is 1. The number of carbonyl (C=O) groups excluding carboxylic acids is 2. The number of ketones is 1. The molecule has 1 amide bonds. The quantitative estimate of drug-likeness (QED) is 0.760. The predicted octanol–water partition coefficient (Wildman–Crippen LogP) is 0.245. The van der Waals surface area contributed by atoms with E-state index in [2.05, 4.69) is 0 Å². The number of benzene rings is 1. The molecule has 1 aliphatic rings. The van der Waals surface area contributed by atoms with Crippen LogP contribution in [-0.2, 0) is 9.59 Å². The molecule has 0 spiro atoms. The van der Waals surface area contributed by atoms with Gasteiger partial charge in [0.15, 0.2) is 0 Å². The number of carbonyl (C=O) groups is 3. The highest BCUT2D eigenvalue weighted by molar-refractivity contribution is 6.52. The lowest BCUT2D eigenvalue weighted by atomic mass is 10.0. The van der Waals surface area contributed by atoms with Crippen molar-refractivity contribution in [2.24, 2.45) is 5.73 Å². The molecule has 2 rings (SSSR count). The molecule has 1 atom stereocenters. The minimum absolute atomic E-state index is 0.213. The summed E-state index contributed by atoms with van der Waals surface area (Å²) in [5, 5.41) is 8.80. The molecule has 1 heterocycles. The third-order valence-electron chi connectivity index (χ3n) is 3.11. The molecular formula is C13H14N2O4. The number of hydrogen-bond acceptors (Lipinski definition) is 4. The monoisotopic (exact) mass is 262 g/mol. The molecule has 0 radical (unpaired) electrons. The number of carboxylic acids is 1. The van der Waals surface area contributed by atoms with E-state index in [1.807, 2.05) is 13.0 Å². The minimum Gasteiger partial charge on any atom is -0.480 e. The van der Waals surface area contributed by atoms with Crippen LogP contribution in [-0.4, -0.2) is 35.4 Å². The fraction of sp³-hybridized carbons (Fsp3) is 0.308. The number of rotatable bonds is 3. The normalized spacial score (nSPS) is 15.6. The Morgan fingerprint density at radius 2 is 2.00 bits per heavy atom. The summed E-state index contributed by atoms with van der Waals surface area (Å²) < 4.78 is 0. The zero-order chi connectivity index (χ0) is 14.3. The van der Waals surface area contributed by atoms with Crippen LogP contribution in [0.25, 0.3) is 0 Å². The van der Waals surface area contributed by atoms with Crippen LogP contribution in [0.15, 0.2) is 12.1 Å². The maximum atomic E-state index is 11.9. The van der Waals surface area contributed by atoms with Crippen LogP contribution in [0, 0.1) is 13.8 Å². The Balaban J connectivity index is 2.47. The summed E-state index contributed by atoms with van der Waals surface area (Å²) >= 11 is 0. The summed E-state index contributed by atoms with van der Waals surface area (Å²) in [6.07, 6.45) is 0. The highest BCUT2D eigenvalue weighted by Gasteiger charge is 2.38. The van der Waals surface area contributed by atoms with E-state index in [0.29, 0.717) is 16.8 Å². The molecule has 0 fully saturated rings. The second-order valence-electron chi connectivity index (χ2n) is 4.67. The van der Waals surface area contributed by atoms with Crippen molar-refractivity contribution in [1.29, 1.82) is 0 Å². The first-order valence-electron chi connectivity index (χ1n) is 5.78. The summed E-state index contributed by atoms with van der Waals surface area (Å²) in [5.41, 5.74) is 7.83. The number of hydrogen-bond donors (Lipinski definition) is 2. The molecule has 1 aliphatic heterocycles. The van der Waals surface area contributed by atoms with E-state index in [-0.39, 0.29) is 6.54 Å². The van der Waals surface area contributed by atoms with Gasteiger partial charge in [0, 0.05) is 0 Å². The third-order valence-corrected chi connectivity index (χ3v) is 3.11. The molecule has 0 saturated carbocycles. The van der Waals surface area contributed by atoms with E-state index >= 15 is 0 Å². The van der Waals surface area contributed by atoms with Crippen LogP contribution in [0.1, 0.15) is 21.5 Å². The van der Waals surface area contributed by atoms with Gasteiger partial charge >= 0.3 is 5.97 Å². The Bertz CT molecular complexity index is 595. The summed E-state index contributed by atoms with van der Waals surface area (Å²) in [7, 11) is 0. The smallest absolute Gasteiger partial charge is 0.322 e. The van der Waals surface area contributed by atoms with Crippen LogP contribution in [0.2, 0.25) is 0 Å². The third kappa shape index (κ3) is 2.10. The topological polar surface area (TPSA) is 101 Å². The Hall–Kier alpha value is -2.21. The molecular weight excluding hydrogens is 248 g/mol. The van der Waals surface area contributed by atoms with Gasteiger partial charge in [0.1, 0.15) is 6.04 Å². The molecule has 0 saturated heterocycles. The second-order valence-corrected chi connectivity index (χ2v) is 4.67. The van der Waals surface area contributed by atoms with E-state index in [1.54, 1.807) is 13.0 Å². The van der Waals surface area contributed by atoms with Gasteiger partial charge in [-0.15, -0.1) is 0 Å². The van der Waals surface area contributed by atoms with Crippen LogP contribution in [0.4, 0.5) is 5.69 Å². The number of fused-ring (bicyclic) bond motifs is 1. The summed E-state index contributed by atoms with van der Waals surface area (Å²) in [5.74, 6) is -2.54. The van der Waals surface area contributed by atoms with Crippen molar-refractivity contribution in [2.75, 3.05) is 11.4 Å². The molecule has 6 heteroatoms. The molecule has 1 aromatic rings. The molecule has 100 valence electrons. The van der Waals surface area contributed by atoms with E-state index in [9.17, 15) is 14.4 Å². The van der Waals surface area contributed by atoms with E-state index in [4.69, 9.17) is 10.8 Å². The summed E-state index contributed by atoms with van der Waals surface area (Å²) in [4.78, 5) is 35.7. The van der Waals surface area contributed by atoms with Gasteiger partial charge in [0.05, 0.1) is 17.8 Å². The van der Waals surface area contributed by atoms with Crippen molar-refractivity contribution in [3.8, 4) is 0 Å². The van der Waals surface area contributed by atoms with Crippen molar-refractivity contribution in [3.63, 3.8) is 0 Å². The zero-order valence-electron chi connectivity index (χ0n) is 10.6. The maximum Gasteiger partial charge on any atom is 0.322 e. The van der Waals surface area contributed by atoms with Gasteiger partial charge in [-0.1, -0.05) is 6.07 Å². The fourth-order valence-electron chi connectivity index (χ4n) is 2.25. The number of amides is 1. The van der Waals surface area contributed by atoms with Crippen LogP contribution >= 0.6 is 0 Å². The lowest BCUT2D eigenvalue weighted by molar-refractivity contribution is -0.138. The van der Waals surface area contributed by atoms with Crippen molar-refractivity contribution in [1.82, 2.24) is 0 Å². The Labute approximate surface area is 109 Å². The zero-order valence-corrected chi connectivity index (χ0v) is 10.6. The lowest BCUT2D eigenvalue weighted by Crippen LogP contribution is -2.44. The van der Waals surface area contributed by atoms with Gasteiger partial charge in [-0.05, 0) is 31.0 Å². The highest BCUT2D eigenvalue weighted by Crippen LogP contribution is 2.32. The van der Waals surface area contributed by atoms with Crippen LogP contribution in [0.3, 0.4) is 0 Å². The Kier molecular flexibility index (Phi) is 3.11. The number of aryl methyl sites for hydroxylation is 2. The van der Waals surface area contributed by atoms with E-state index in [1.165, 1.54) is 0 Å². The molecule has 6 nitrogen and oxygen atoms in total. The molecule has 0 aliphatic carbocycles. The highest BCUT2D eigenvalue weighted by atomic mass is 16.4. The van der Waals surface area contributed by atoms with Crippen molar-refractivity contribution in [3.05, 3.63) is 28.8 Å². The number of nitrogens with two attached hydrogens (primary N) is 1. The molecule has 0 aromatic heterocycles. The summed E-state index contributed by atoms with van der Waals surface area (Å²) in [6.45, 7) is 3.38. The van der Waals surface area contributed by atoms with Gasteiger partial charge in [-0.25, -0.2) is 0 Å². The second kappa shape index (κ2) is 4.47. The average molecular weight is 262 g/mol. The van der Waals surface area contributed by atoms with Gasteiger partial charge in [0.2, 0.25) is 0 Å². The fourth-order valence-corrected chi connectivity index (χ4v) is 2.25. The SMILES string of the molecule is Cc1cc(C)c2c(c1)N(CC(N)C(=O)O)C(=O)C2=O. The van der Waals surface area contributed by atoms with Crippen molar-refractivity contribution >= 4 is 23.3 Å². The largest absolute Gasteiger partial charge is 0.480 e. The number of aliphatic carboxylic acids is 1. The number of Topliss-reactive ketones (excluding diaryl/α,β-unsaturated/α-hetero) is 1. The standard InChI is InChI=1S/C13H14N2O4/c1-6-3-7(2)10-9(4-6)15(12(17)11(10)16)5-8(14)13(18)19/h3-4,8H,5,14H2,1-2H3,(H,18,19). The Morgan fingerprint density at radius 3 is 2.58 bits per heavy atom. The average Bonchev–Trinajstić information content (AvgIpc) is 2.54. The van der Waals surface area contributed by atoms with E-state index < -0.39 is 23.7 Å². The minimum atomic E-state index is -1.22. The molecule has 1 unspecified atom stereocenters. The van der Waals surface area contributed by atoms with Crippen LogP contribution in [0.5, 0.6) is 0 Å². The first-order chi connectivity index (χ1) is 8.82. The molecule has 1 aromatic carbocycles. The van der Waals surface area contributed by atoms with Gasteiger partial charge in [-0.3, -0.25) is 14.4 Å². The first-order valence-corrected chi connectivity index (χ1v) is 5.78. The van der Waals surface area contributed by atoms with Crippen molar-refractivity contribution in [2.45, 2.75) is 19.9 Å². The molecule has 19 heavy (non-hydrogen) atoms. The van der Waals surface area contributed by atoms with E-state index in [0.717, 1.165) is 10.5 Å². The maximum absolute atomic E-state index is 11.9. The summed E-state index contributed by atoms with van der Waals surface area (Å²) in [6, 6.07) is 2.29. The number of anilines is 1. The number of carboxylic acid groups (broad SMARTS) is 1. The predicted molar refractivity (Wildman–Crippen MR) is 68.2 cm³/mol. The lowest BCUT2D eigenvalue weighted by Gasteiger charge is -2.19.